The average Bonchev–Trinajstić information content (AvgIpc) is 2.32. The van der Waals surface area contributed by atoms with Gasteiger partial charge in [0.2, 0.25) is 5.91 Å². The fourth-order valence-electron chi connectivity index (χ4n) is 1.53. The smallest absolute Gasteiger partial charge is 0.222 e. The maximum Gasteiger partial charge on any atom is 0.222 e. The zero-order valence-electron chi connectivity index (χ0n) is 10.6. The van der Waals surface area contributed by atoms with Crippen LogP contribution in [0.3, 0.4) is 0 Å². The van der Waals surface area contributed by atoms with Crippen LogP contribution in [0.5, 0.6) is 0 Å². The molecule has 0 aliphatic heterocycles. The van der Waals surface area contributed by atoms with Crippen LogP contribution >= 0.6 is 0 Å². The Morgan fingerprint density at radius 1 is 1.44 bits per heavy atom. The van der Waals surface area contributed by atoms with Crippen molar-refractivity contribution < 1.29 is 13.6 Å². The monoisotopic (exact) mass is 256 g/mol. The number of benzene rings is 1. The molecule has 1 atom stereocenters. The van der Waals surface area contributed by atoms with Gasteiger partial charge in [0.05, 0.1) is 0 Å². The fourth-order valence-corrected chi connectivity index (χ4v) is 1.53. The minimum absolute atomic E-state index is 0.0954. The van der Waals surface area contributed by atoms with E-state index in [-0.39, 0.29) is 18.4 Å². The lowest BCUT2D eigenvalue weighted by atomic mass is 10.1. The van der Waals surface area contributed by atoms with Gasteiger partial charge in [0.15, 0.2) is 0 Å². The minimum Gasteiger partial charge on any atom is -0.341 e. The summed E-state index contributed by atoms with van der Waals surface area (Å²) in [5, 5.41) is 0. The van der Waals surface area contributed by atoms with Crippen molar-refractivity contribution in [2.75, 3.05) is 13.6 Å². The number of nitrogens with zero attached hydrogens (tertiary/aromatic N) is 1. The van der Waals surface area contributed by atoms with Gasteiger partial charge >= 0.3 is 0 Å². The van der Waals surface area contributed by atoms with E-state index < -0.39 is 11.6 Å². The molecule has 0 fully saturated rings. The Bertz CT molecular complexity index is 423. The first-order valence-corrected chi connectivity index (χ1v) is 5.82. The highest BCUT2D eigenvalue weighted by Gasteiger charge is 2.14. The quantitative estimate of drug-likeness (QED) is 0.874. The second kappa shape index (κ2) is 6.44. The van der Waals surface area contributed by atoms with Crippen molar-refractivity contribution in [1.82, 2.24) is 4.90 Å². The molecule has 1 aromatic carbocycles. The van der Waals surface area contributed by atoms with Crippen LogP contribution < -0.4 is 5.73 Å². The Hall–Kier alpha value is -1.49. The van der Waals surface area contributed by atoms with Gasteiger partial charge in [-0.15, -0.1) is 0 Å². The Morgan fingerprint density at radius 3 is 2.67 bits per heavy atom. The molecule has 0 spiro atoms. The van der Waals surface area contributed by atoms with E-state index in [1.165, 1.54) is 17.0 Å². The van der Waals surface area contributed by atoms with Gasteiger partial charge in [0.1, 0.15) is 11.6 Å². The van der Waals surface area contributed by atoms with Crippen LogP contribution in [0.15, 0.2) is 18.2 Å². The molecular formula is C13H18F2N2O. The van der Waals surface area contributed by atoms with E-state index in [2.05, 4.69) is 0 Å². The minimum atomic E-state index is -0.637. The van der Waals surface area contributed by atoms with E-state index in [1.807, 2.05) is 6.92 Å². The van der Waals surface area contributed by atoms with E-state index >= 15 is 0 Å². The molecule has 2 N–H and O–H groups in total. The number of carbonyl (C=O) groups excluding carboxylic acids is 1. The van der Waals surface area contributed by atoms with Crippen molar-refractivity contribution in [2.45, 2.75) is 19.9 Å². The lowest BCUT2D eigenvalue weighted by molar-refractivity contribution is -0.131. The summed E-state index contributed by atoms with van der Waals surface area (Å²) in [6, 6.07) is 3.34. The van der Waals surface area contributed by atoms with Crippen molar-refractivity contribution in [1.29, 1.82) is 0 Å². The summed E-state index contributed by atoms with van der Waals surface area (Å²) in [6.45, 7) is 2.44. The first-order chi connectivity index (χ1) is 8.43. The summed E-state index contributed by atoms with van der Waals surface area (Å²) < 4.78 is 26.1. The molecule has 100 valence electrons. The number of hydrogen-bond acceptors (Lipinski definition) is 2. The topological polar surface area (TPSA) is 46.3 Å². The summed E-state index contributed by atoms with van der Waals surface area (Å²) in [5.74, 6) is -1.27. The number of nitrogens with two attached hydrogens (primary N) is 1. The number of amides is 1. The van der Waals surface area contributed by atoms with Crippen LogP contribution in [0.25, 0.3) is 0 Å². The summed E-state index contributed by atoms with van der Waals surface area (Å²) in [4.78, 5) is 13.2. The zero-order chi connectivity index (χ0) is 13.7. The molecule has 0 aromatic heterocycles. The van der Waals surface area contributed by atoms with Crippen LogP contribution in [0, 0.1) is 17.6 Å². The first-order valence-electron chi connectivity index (χ1n) is 5.82. The Kier molecular flexibility index (Phi) is 5.22. The van der Waals surface area contributed by atoms with E-state index in [4.69, 9.17) is 5.73 Å². The largest absolute Gasteiger partial charge is 0.341 e. The van der Waals surface area contributed by atoms with E-state index in [9.17, 15) is 13.6 Å². The second-order valence-electron chi connectivity index (χ2n) is 4.53. The standard InChI is InChI=1S/C13H18F2N2O/c1-9(7-16)5-13(18)17(2)8-10-3-4-11(14)6-12(10)15/h3-4,6,9H,5,7-8,16H2,1-2H3. The predicted octanol–water partition coefficient (Wildman–Crippen LogP) is 1.91. The highest BCUT2D eigenvalue weighted by molar-refractivity contribution is 5.76. The lowest BCUT2D eigenvalue weighted by Crippen LogP contribution is -2.29. The first kappa shape index (κ1) is 14.6. The number of halogens is 2. The van der Waals surface area contributed by atoms with E-state index in [1.54, 1.807) is 7.05 Å². The van der Waals surface area contributed by atoms with Gasteiger partial charge in [-0.2, -0.15) is 0 Å². The van der Waals surface area contributed by atoms with Crippen LogP contribution in [0.4, 0.5) is 8.78 Å². The maximum atomic E-state index is 13.4. The van der Waals surface area contributed by atoms with Crippen molar-refractivity contribution in [3.63, 3.8) is 0 Å². The molecule has 0 aliphatic carbocycles. The third-order valence-corrected chi connectivity index (χ3v) is 2.77. The van der Waals surface area contributed by atoms with Gasteiger partial charge in [0.25, 0.3) is 0 Å². The average molecular weight is 256 g/mol. The predicted molar refractivity (Wildman–Crippen MR) is 65.7 cm³/mol. The van der Waals surface area contributed by atoms with Gasteiger partial charge in [-0.25, -0.2) is 8.78 Å². The molecule has 1 unspecified atom stereocenters. The van der Waals surface area contributed by atoms with Crippen molar-refractivity contribution in [3.05, 3.63) is 35.4 Å². The molecule has 0 aliphatic rings. The van der Waals surface area contributed by atoms with E-state index in [0.29, 0.717) is 18.5 Å². The summed E-state index contributed by atoms with van der Waals surface area (Å²) in [7, 11) is 1.59. The molecule has 0 saturated heterocycles. The van der Waals surface area contributed by atoms with Gasteiger partial charge in [-0.3, -0.25) is 4.79 Å². The van der Waals surface area contributed by atoms with E-state index in [0.717, 1.165) is 6.07 Å². The highest BCUT2D eigenvalue weighted by atomic mass is 19.1. The molecule has 1 aromatic rings. The Morgan fingerprint density at radius 2 is 2.11 bits per heavy atom. The van der Waals surface area contributed by atoms with Gasteiger partial charge in [-0.1, -0.05) is 13.0 Å². The van der Waals surface area contributed by atoms with Crippen LogP contribution in [-0.2, 0) is 11.3 Å². The molecule has 0 heterocycles. The second-order valence-corrected chi connectivity index (χ2v) is 4.53. The number of carbonyl (C=O) groups is 1. The SMILES string of the molecule is CC(CN)CC(=O)N(C)Cc1ccc(F)cc1F. The molecule has 5 heteroatoms. The molecular weight excluding hydrogens is 238 g/mol. The van der Waals surface area contributed by atoms with Crippen LogP contribution in [0.2, 0.25) is 0 Å². The Balaban J connectivity index is 2.63. The summed E-state index contributed by atoms with van der Waals surface area (Å²) in [6.07, 6.45) is 0.329. The summed E-state index contributed by atoms with van der Waals surface area (Å²) >= 11 is 0. The van der Waals surface area contributed by atoms with Crippen LogP contribution in [-0.4, -0.2) is 24.4 Å². The number of rotatable bonds is 5. The molecule has 3 nitrogen and oxygen atoms in total. The molecule has 1 rings (SSSR count). The number of hydrogen-bond donors (Lipinski definition) is 1. The summed E-state index contributed by atoms with van der Waals surface area (Å²) in [5.41, 5.74) is 5.74. The third-order valence-electron chi connectivity index (χ3n) is 2.77. The molecule has 1 amide bonds. The van der Waals surface area contributed by atoms with Crippen molar-refractivity contribution in [3.8, 4) is 0 Å². The Labute approximate surface area is 106 Å². The maximum absolute atomic E-state index is 13.4. The van der Waals surface area contributed by atoms with Gasteiger partial charge < -0.3 is 10.6 Å². The highest BCUT2D eigenvalue weighted by Crippen LogP contribution is 2.13. The molecule has 18 heavy (non-hydrogen) atoms. The molecule has 0 radical (unpaired) electrons. The lowest BCUT2D eigenvalue weighted by Gasteiger charge is -2.19. The molecule has 0 bridgehead atoms. The zero-order valence-corrected chi connectivity index (χ0v) is 10.6. The molecule has 0 saturated carbocycles. The van der Waals surface area contributed by atoms with Gasteiger partial charge in [0, 0.05) is 31.6 Å². The van der Waals surface area contributed by atoms with Gasteiger partial charge in [-0.05, 0) is 18.5 Å². The fraction of sp³-hybridized carbons (Fsp3) is 0.462. The van der Waals surface area contributed by atoms with Crippen LogP contribution in [0.1, 0.15) is 18.9 Å². The van der Waals surface area contributed by atoms with Crippen molar-refractivity contribution in [2.24, 2.45) is 11.7 Å². The normalized spacial score (nSPS) is 12.3. The third kappa shape index (κ3) is 4.07. The van der Waals surface area contributed by atoms with Crippen molar-refractivity contribution >= 4 is 5.91 Å².